The third kappa shape index (κ3) is 4.83. The van der Waals surface area contributed by atoms with Crippen molar-refractivity contribution >= 4 is 23.5 Å². The van der Waals surface area contributed by atoms with Crippen LogP contribution in [0.25, 0.3) is 6.08 Å². The topological polar surface area (TPSA) is 64.6 Å². The molecule has 134 valence electrons. The highest BCUT2D eigenvalue weighted by Crippen LogP contribution is 2.25. The summed E-state index contributed by atoms with van der Waals surface area (Å²) in [4.78, 5) is 23.9. The molecule has 0 aliphatic carbocycles. The Bertz CT molecular complexity index is 851. The summed E-state index contributed by atoms with van der Waals surface area (Å²) in [6.07, 6.45) is 3.17. The first-order valence-electron chi connectivity index (χ1n) is 7.96. The number of rotatable bonds is 7. The van der Waals surface area contributed by atoms with E-state index in [1.165, 1.54) is 6.08 Å². The summed E-state index contributed by atoms with van der Waals surface area (Å²) in [6.45, 7) is 5.21. The molecule has 2 aromatic rings. The number of carbonyl (C=O) groups is 2. The smallest absolute Gasteiger partial charge is 0.250 e. The van der Waals surface area contributed by atoms with E-state index in [1.807, 2.05) is 6.07 Å². The fourth-order valence-corrected chi connectivity index (χ4v) is 2.17. The number of anilines is 1. The molecule has 5 nitrogen and oxygen atoms in total. The van der Waals surface area contributed by atoms with Gasteiger partial charge in [-0.2, -0.15) is 0 Å². The highest BCUT2D eigenvalue weighted by atomic mass is 16.5. The van der Waals surface area contributed by atoms with Crippen molar-refractivity contribution in [2.75, 3.05) is 19.5 Å². The highest BCUT2D eigenvalue weighted by Gasteiger charge is 2.06. The first kappa shape index (κ1) is 19.0. The fraction of sp³-hybridized carbons (Fsp3) is 0.143. The van der Waals surface area contributed by atoms with Gasteiger partial charge in [0, 0.05) is 28.5 Å². The van der Waals surface area contributed by atoms with Crippen molar-refractivity contribution in [2.24, 2.45) is 0 Å². The highest BCUT2D eigenvalue weighted by molar-refractivity contribution is 6.07. The van der Waals surface area contributed by atoms with Crippen LogP contribution in [0, 0.1) is 0 Å². The Morgan fingerprint density at radius 3 is 2.31 bits per heavy atom. The van der Waals surface area contributed by atoms with E-state index < -0.39 is 0 Å². The number of ether oxygens (including phenoxy) is 2. The van der Waals surface area contributed by atoms with Crippen molar-refractivity contribution in [1.82, 2.24) is 0 Å². The van der Waals surface area contributed by atoms with E-state index in [0.29, 0.717) is 28.3 Å². The minimum atomic E-state index is -0.254. The van der Waals surface area contributed by atoms with Crippen LogP contribution in [0.4, 0.5) is 5.69 Å². The molecule has 1 N–H and O–H groups in total. The lowest BCUT2D eigenvalue weighted by atomic mass is 10.1. The summed E-state index contributed by atoms with van der Waals surface area (Å²) in [7, 11) is 3.14. The zero-order valence-electron chi connectivity index (χ0n) is 15.0. The van der Waals surface area contributed by atoms with Crippen LogP contribution in [0.15, 0.2) is 60.7 Å². The van der Waals surface area contributed by atoms with E-state index in [4.69, 9.17) is 9.47 Å². The Labute approximate surface area is 152 Å². The number of nitrogens with one attached hydrogen (secondary N) is 1. The number of hydrogen-bond donors (Lipinski definition) is 1. The average Bonchev–Trinajstić information content (AvgIpc) is 2.66. The summed E-state index contributed by atoms with van der Waals surface area (Å²) in [5, 5.41) is 2.70. The number of hydrogen-bond acceptors (Lipinski definition) is 4. The van der Waals surface area contributed by atoms with Gasteiger partial charge in [0.05, 0.1) is 14.2 Å². The van der Waals surface area contributed by atoms with Gasteiger partial charge in [0.1, 0.15) is 11.5 Å². The first-order chi connectivity index (χ1) is 12.4. The molecular formula is C21H21NO4. The van der Waals surface area contributed by atoms with Gasteiger partial charge in [-0.25, -0.2) is 0 Å². The number of allylic oxidation sites excluding steroid dienone is 1. The molecule has 1 amide bonds. The predicted molar refractivity (Wildman–Crippen MR) is 103 cm³/mol. The van der Waals surface area contributed by atoms with Crippen molar-refractivity contribution in [3.05, 3.63) is 71.8 Å². The van der Waals surface area contributed by atoms with Crippen LogP contribution >= 0.6 is 0 Å². The molecule has 0 spiro atoms. The Kier molecular flexibility index (Phi) is 6.33. The molecule has 0 aromatic heterocycles. The van der Waals surface area contributed by atoms with Crippen LogP contribution in [0.2, 0.25) is 0 Å². The molecule has 0 aliphatic heterocycles. The van der Waals surface area contributed by atoms with E-state index >= 15 is 0 Å². The van der Waals surface area contributed by atoms with Gasteiger partial charge in [0.2, 0.25) is 0 Å². The molecule has 0 aliphatic rings. The number of amides is 1. The Balaban J connectivity index is 2.11. The molecule has 0 saturated carbocycles. The van der Waals surface area contributed by atoms with Gasteiger partial charge in [-0.05, 0) is 55.5 Å². The molecule has 0 fully saturated rings. The lowest BCUT2D eigenvalue weighted by Crippen LogP contribution is -2.11. The van der Waals surface area contributed by atoms with Gasteiger partial charge < -0.3 is 14.8 Å². The van der Waals surface area contributed by atoms with E-state index in [2.05, 4.69) is 11.9 Å². The summed E-state index contributed by atoms with van der Waals surface area (Å²) < 4.78 is 10.5. The maximum atomic E-state index is 12.3. The molecule has 5 heteroatoms. The lowest BCUT2D eigenvalue weighted by Gasteiger charge is -2.07. The second kappa shape index (κ2) is 8.67. The van der Waals surface area contributed by atoms with Crippen LogP contribution in [0.3, 0.4) is 0 Å². The third-order valence-corrected chi connectivity index (χ3v) is 3.67. The quantitative estimate of drug-likeness (QED) is 0.602. The van der Waals surface area contributed by atoms with E-state index in [1.54, 1.807) is 63.6 Å². The van der Waals surface area contributed by atoms with Gasteiger partial charge in [0.15, 0.2) is 5.78 Å². The normalized spacial score (nSPS) is 10.4. The number of ketones is 1. The summed E-state index contributed by atoms with van der Waals surface area (Å²) in [5.74, 6) is 0.889. The maximum Gasteiger partial charge on any atom is 0.250 e. The van der Waals surface area contributed by atoms with Crippen LogP contribution in [0.5, 0.6) is 11.5 Å². The van der Waals surface area contributed by atoms with E-state index in [0.717, 1.165) is 5.56 Å². The van der Waals surface area contributed by atoms with Gasteiger partial charge in [-0.3, -0.25) is 9.59 Å². The molecule has 0 radical (unpaired) electrons. The van der Waals surface area contributed by atoms with Gasteiger partial charge in [-0.1, -0.05) is 6.58 Å². The van der Waals surface area contributed by atoms with Crippen LogP contribution < -0.4 is 14.8 Å². The molecular weight excluding hydrogens is 330 g/mol. The fourth-order valence-electron chi connectivity index (χ4n) is 2.17. The molecule has 0 bridgehead atoms. The van der Waals surface area contributed by atoms with Gasteiger partial charge in [-0.15, -0.1) is 0 Å². The summed E-state index contributed by atoms with van der Waals surface area (Å²) >= 11 is 0. The molecule has 0 atom stereocenters. The second-order valence-corrected chi connectivity index (χ2v) is 5.62. The van der Waals surface area contributed by atoms with Crippen LogP contribution in [-0.4, -0.2) is 25.9 Å². The third-order valence-electron chi connectivity index (χ3n) is 3.67. The van der Waals surface area contributed by atoms with Crippen LogP contribution in [-0.2, 0) is 4.79 Å². The van der Waals surface area contributed by atoms with E-state index in [9.17, 15) is 9.59 Å². The predicted octanol–water partition coefficient (Wildman–Crippen LogP) is 4.11. The van der Waals surface area contributed by atoms with Crippen molar-refractivity contribution < 1.29 is 19.1 Å². The van der Waals surface area contributed by atoms with Crippen molar-refractivity contribution in [1.29, 1.82) is 0 Å². The zero-order valence-corrected chi connectivity index (χ0v) is 15.0. The Hall–Kier alpha value is -3.34. The molecule has 0 heterocycles. The lowest BCUT2D eigenvalue weighted by molar-refractivity contribution is -0.112. The monoisotopic (exact) mass is 351 g/mol. The number of methoxy groups -OCH3 is 2. The van der Waals surface area contributed by atoms with Crippen molar-refractivity contribution in [3.63, 3.8) is 0 Å². The molecule has 2 aromatic carbocycles. The number of benzene rings is 2. The molecule has 2 rings (SSSR count). The minimum absolute atomic E-state index is 0.152. The Morgan fingerprint density at radius 1 is 1.04 bits per heavy atom. The van der Waals surface area contributed by atoms with Crippen LogP contribution in [0.1, 0.15) is 22.8 Å². The van der Waals surface area contributed by atoms with E-state index in [-0.39, 0.29) is 11.7 Å². The molecule has 0 unspecified atom stereocenters. The average molecular weight is 351 g/mol. The molecule has 0 saturated heterocycles. The zero-order chi connectivity index (χ0) is 19.1. The number of carbonyl (C=O) groups excluding carboxylic acids is 2. The standard InChI is InChI=1S/C21H21NO4/c1-14(2)21(24)22-17-9-5-15(6-10-17)19(23)12-8-16-7-11-18(25-3)13-20(16)26-4/h5-13H,1H2,2-4H3,(H,22,24). The van der Waals surface area contributed by atoms with Gasteiger partial charge in [0.25, 0.3) is 5.91 Å². The van der Waals surface area contributed by atoms with Crippen molar-refractivity contribution in [3.8, 4) is 11.5 Å². The minimum Gasteiger partial charge on any atom is -0.497 e. The molecule has 26 heavy (non-hydrogen) atoms. The van der Waals surface area contributed by atoms with Gasteiger partial charge >= 0.3 is 0 Å². The largest absolute Gasteiger partial charge is 0.497 e. The SMILES string of the molecule is C=C(C)C(=O)Nc1ccc(C(=O)C=Cc2ccc(OC)cc2OC)cc1. The Morgan fingerprint density at radius 2 is 1.73 bits per heavy atom. The maximum absolute atomic E-state index is 12.3. The second-order valence-electron chi connectivity index (χ2n) is 5.62. The first-order valence-corrected chi connectivity index (χ1v) is 7.96. The summed E-state index contributed by atoms with van der Waals surface area (Å²) in [6, 6.07) is 12.0. The van der Waals surface area contributed by atoms with Crippen molar-refractivity contribution in [2.45, 2.75) is 6.92 Å². The summed E-state index contributed by atoms with van der Waals surface area (Å²) in [5.41, 5.74) is 2.31.